The Morgan fingerprint density at radius 1 is 1.23 bits per heavy atom. The highest BCUT2D eigenvalue weighted by atomic mass is 19.1. The van der Waals surface area contributed by atoms with E-state index >= 15 is 0 Å². The second-order valence-corrected chi connectivity index (χ2v) is 7.86. The molecule has 0 saturated carbocycles. The Balaban J connectivity index is 1.71. The molecule has 1 N–H and O–H groups in total. The number of pyridine rings is 1. The monoisotopic (exact) mass is 420 g/mol. The number of fused-ring (bicyclic) bond motifs is 1. The third kappa shape index (κ3) is 4.54. The number of aliphatic imine (C=N–C) groups is 1. The molecule has 31 heavy (non-hydrogen) atoms. The largest absolute Gasteiger partial charge is 0.485 e. The Bertz CT molecular complexity index is 1070. The minimum Gasteiger partial charge on any atom is -0.485 e. The van der Waals surface area contributed by atoms with Gasteiger partial charge >= 0.3 is 0 Å². The van der Waals surface area contributed by atoms with Crippen LogP contribution in [0.3, 0.4) is 0 Å². The molecule has 1 aromatic heterocycles. The molecular weight excluding hydrogens is 391 g/mol. The van der Waals surface area contributed by atoms with Crippen LogP contribution in [0.2, 0.25) is 0 Å². The molecular formula is C25H29FN4O. The molecule has 0 aliphatic carbocycles. The number of para-hydroxylation sites is 1. The van der Waals surface area contributed by atoms with Crippen molar-refractivity contribution < 1.29 is 9.13 Å². The zero-order chi connectivity index (χ0) is 21.8. The van der Waals surface area contributed by atoms with Gasteiger partial charge in [-0.2, -0.15) is 0 Å². The summed E-state index contributed by atoms with van der Waals surface area (Å²) in [4.78, 5) is 11.5. The fourth-order valence-electron chi connectivity index (χ4n) is 3.99. The number of nitrogens with one attached hydrogen (secondary N) is 1. The van der Waals surface area contributed by atoms with E-state index in [1.54, 1.807) is 7.05 Å². The minimum atomic E-state index is -0.994. The summed E-state index contributed by atoms with van der Waals surface area (Å²) in [6, 6.07) is 9.78. The van der Waals surface area contributed by atoms with E-state index in [0.717, 1.165) is 40.2 Å². The van der Waals surface area contributed by atoms with E-state index in [1.807, 2.05) is 48.2 Å². The van der Waals surface area contributed by atoms with Gasteiger partial charge in [0.15, 0.2) is 5.84 Å². The summed E-state index contributed by atoms with van der Waals surface area (Å²) < 4.78 is 20.8. The first-order valence-corrected chi connectivity index (χ1v) is 10.8. The predicted octanol–water partition coefficient (Wildman–Crippen LogP) is 4.76. The third-order valence-electron chi connectivity index (χ3n) is 5.66. The molecule has 0 amide bonds. The van der Waals surface area contributed by atoms with Gasteiger partial charge in [0.25, 0.3) is 0 Å². The molecule has 2 atom stereocenters. The second kappa shape index (κ2) is 9.43. The van der Waals surface area contributed by atoms with Crippen molar-refractivity contribution >= 4 is 16.7 Å². The molecule has 1 fully saturated rings. The highest BCUT2D eigenvalue weighted by Gasteiger charge is 2.26. The summed E-state index contributed by atoms with van der Waals surface area (Å²) in [5.74, 6) is 1.36. The quantitative estimate of drug-likeness (QED) is 0.575. The molecule has 0 spiro atoms. The van der Waals surface area contributed by atoms with Crippen LogP contribution in [0.5, 0.6) is 5.75 Å². The van der Waals surface area contributed by atoms with Crippen LogP contribution in [0.15, 0.2) is 71.0 Å². The molecule has 5 nitrogen and oxygen atoms in total. The van der Waals surface area contributed by atoms with E-state index in [1.165, 1.54) is 0 Å². The zero-order valence-corrected chi connectivity index (χ0v) is 18.3. The van der Waals surface area contributed by atoms with E-state index in [2.05, 4.69) is 35.6 Å². The zero-order valence-electron chi connectivity index (χ0n) is 18.3. The first kappa shape index (κ1) is 21.2. The maximum absolute atomic E-state index is 14.6. The number of allylic oxidation sites excluding steroid dienone is 4. The second-order valence-electron chi connectivity index (χ2n) is 7.86. The molecule has 2 unspecified atom stereocenters. The number of benzene rings is 1. The van der Waals surface area contributed by atoms with Crippen LogP contribution < -0.4 is 10.1 Å². The van der Waals surface area contributed by atoms with Gasteiger partial charge in [0.05, 0.1) is 0 Å². The smallest absolute Gasteiger partial charge is 0.158 e. The molecule has 162 valence electrons. The Kier molecular flexibility index (Phi) is 6.47. The lowest BCUT2D eigenvalue weighted by atomic mass is 10.1. The predicted molar refractivity (Wildman–Crippen MR) is 124 cm³/mol. The average Bonchev–Trinajstić information content (AvgIpc) is 2.99. The number of hydrogen-bond donors (Lipinski definition) is 1. The van der Waals surface area contributed by atoms with Crippen molar-refractivity contribution in [2.24, 2.45) is 4.99 Å². The van der Waals surface area contributed by atoms with E-state index in [-0.39, 0.29) is 0 Å². The molecule has 6 heteroatoms. The van der Waals surface area contributed by atoms with Gasteiger partial charge in [-0.1, -0.05) is 30.4 Å². The molecule has 2 aliphatic heterocycles. The van der Waals surface area contributed by atoms with E-state index < -0.39 is 12.3 Å². The van der Waals surface area contributed by atoms with Crippen LogP contribution in [0.4, 0.5) is 4.39 Å². The Morgan fingerprint density at radius 2 is 2.06 bits per heavy atom. The van der Waals surface area contributed by atoms with Gasteiger partial charge in [-0.3, -0.25) is 4.99 Å². The molecule has 1 saturated heterocycles. The summed E-state index contributed by atoms with van der Waals surface area (Å²) in [6.07, 6.45) is 7.87. The summed E-state index contributed by atoms with van der Waals surface area (Å²) >= 11 is 0. The fraction of sp³-hybridized carbons (Fsp3) is 0.360. The highest BCUT2D eigenvalue weighted by Crippen LogP contribution is 2.28. The van der Waals surface area contributed by atoms with Crippen molar-refractivity contribution in [1.82, 2.24) is 15.2 Å². The van der Waals surface area contributed by atoms with Crippen molar-refractivity contribution in [3.8, 4) is 5.75 Å². The van der Waals surface area contributed by atoms with Crippen LogP contribution in [0, 0.1) is 0 Å². The lowest BCUT2D eigenvalue weighted by Gasteiger charge is -2.26. The molecule has 0 radical (unpaired) electrons. The Hall–Kier alpha value is -2.99. The van der Waals surface area contributed by atoms with Crippen LogP contribution in [-0.2, 0) is 0 Å². The number of aromatic nitrogens is 1. The number of hydrogen-bond acceptors (Lipinski definition) is 4. The van der Waals surface area contributed by atoms with Gasteiger partial charge in [-0.05, 0) is 63.6 Å². The van der Waals surface area contributed by atoms with Crippen LogP contribution >= 0.6 is 0 Å². The van der Waals surface area contributed by atoms with Crippen molar-refractivity contribution in [2.45, 2.75) is 39.0 Å². The number of ether oxygens (including phenoxy) is 1. The molecule has 1 aromatic carbocycles. The summed E-state index contributed by atoms with van der Waals surface area (Å²) in [6.45, 7) is 5.49. The molecule has 2 aliphatic rings. The van der Waals surface area contributed by atoms with Gasteiger partial charge in [-0.25, -0.2) is 9.37 Å². The SMILES string of the molecule is C/C=C1/C=CC(C)=CN1C(=NC)c1ccc2cccc(OC3CCNCCC3F)c2n1. The van der Waals surface area contributed by atoms with Crippen molar-refractivity contribution in [3.63, 3.8) is 0 Å². The van der Waals surface area contributed by atoms with Gasteiger partial charge in [0, 0.05) is 24.3 Å². The van der Waals surface area contributed by atoms with E-state index in [0.29, 0.717) is 25.1 Å². The van der Waals surface area contributed by atoms with Crippen LogP contribution in [0.25, 0.3) is 10.9 Å². The van der Waals surface area contributed by atoms with E-state index in [9.17, 15) is 4.39 Å². The van der Waals surface area contributed by atoms with Crippen molar-refractivity contribution in [3.05, 3.63) is 71.7 Å². The lowest BCUT2D eigenvalue weighted by Crippen LogP contribution is -2.29. The number of halogens is 1. The van der Waals surface area contributed by atoms with Crippen LogP contribution in [-0.4, -0.2) is 48.1 Å². The summed E-state index contributed by atoms with van der Waals surface area (Å²) in [5, 5.41) is 4.19. The van der Waals surface area contributed by atoms with Crippen molar-refractivity contribution in [2.75, 3.05) is 20.1 Å². The first-order chi connectivity index (χ1) is 15.1. The minimum absolute atomic E-state index is 0.459. The van der Waals surface area contributed by atoms with Gasteiger partial charge in [0.2, 0.25) is 0 Å². The Morgan fingerprint density at radius 3 is 2.87 bits per heavy atom. The standard InChI is InChI=1S/C25H29FN4O/c1-4-19-10-8-17(2)16-30(19)25(27-3)21-11-9-18-6-5-7-23(24(18)29-21)31-22-13-15-28-14-12-20(22)26/h4-11,16,20,22,28H,12-15H2,1-3H3/b19-4-,27-25?. The normalized spacial score (nSPS) is 23.7. The average molecular weight is 421 g/mol. The molecule has 0 bridgehead atoms. The summed E-state index contributed by atoms with van der Waals surface area (Å²) in [7, 11) is 1.77. The first-order valence-electron chi connectivity index (χ1n) is 10.8. The molecule has 2 aromatic rings. The lowest BCUT2D eigenvalue weighted by molar-refractivity contribution is 0.0983. The van der Waals surface area contributed by atoms with Gasteiger partial charge < -0.3 is 15.0 Å². The maximum atomic E-state index is 14.6. The van der Waals surface area contributed by atoms with E-state index in [4.69, 9.17) is 9.72 Å². The number of rotatable bonds is 3. The number of nitrogens with zero attached hydrogens (tertiary/aromatic N) is 3. The van der Waals surface area contributed by atoms with Crippen LogP contribution in [0.1, 0.15) is 32.4 Å². The molecule has 4 rings (SSSR count). The molecule has 3 heterocycles. The van der Waals surface area contributed by atoms with Gasteiger partial charge in [0.1, 0.15) is 29.2 Å². The number of amidine groups is 1. The maximum Gasteiger partial charge on any atom is 0.158 e. The number of alkyl halides is 1. The topological polar surface area (TPSA) is 49.8 Å². The van der Waals surface area contributed by atoms with Gasteiger partial charge in [-0.15, -0.1) is 0 Å². The third-order valence-corrected chi connectivity index (χ3v) is 5.66. The van der Waals surface area contributed by atoms with Crippen molar-refractivity contribution in [1.29, 1.82) is 0 Å². The Labute approximate surface area is 183 Å². The highest BCUT2D eigenvalue weighted by molar-refractivity contribution is 6.01. The summed E-state index contributed by atoms with van der Waals surface area (Å²) in [5.41, 5.74) is 3.63. The fourth-order valence-corrected chi connectivity index (χ4v) is 3.99.